The SMILES string of the molecule is CC1CC(=O)NN=C1c1ccc(N2CC[N+](=C=N)CC2)c(F)c1.NCCCc1cnc[nH]1. The molecule has 32 heavy (non-hydrogen) atoms. The van der Waals surface area contributed by atoms with E-state index >= 15 is 0 Å². The van der Waals surface area contributed by atoms with Gasteiger partial charge in [-0.3, -0.25) is 4.79 Å². The van der Waals surface area contributed by atoms with Crippen LogP contribution < -0.4 is 16.1 Å². The highest BCUT2D eigenvalue weighted by Gasteiger charge is 2.24. The fourth-order valence-electron chi connectivity index (χ4n) is 3.70. The smallest absolute Gasteiger partial charge is 0.303 e. The van der Waals surface area contributed by atoms with Gasteiger partial charge in [-0.25, -0.2) is 19.4 Å². The van der Waals surface area contributed by atoms with Crippen molar-refractivity contribution in [1.29, 1.82) is 5.41 Å². The Balaban J connectivity index is 0.000000269. The molecule has 1 unspecified atom stereocenters. The average molecular weight is 442 g/mol. The number of anilines is 1. The number of hydrazone groups is 1. The van der Waals surface area contributed by atoms with E-state index in [1.165, 1.54) is 11.8 Å². The monoisotopic (exact) mass is 441 g/mol. The number of imidazole rings is 1. The van der Waals surface area contributed by atoms with Crippen molar-refractivity contribution in [2.45, 2.75) is 26.2 Å². The van der Waals surface area contributed by atoms with Crippen molar-refractivity contribution in [3.63, 3.8) is 0 Å². The van der Waals surface area contributed by atoms with Crippen LogP contribution in [0.15, 0.2) is 35.8 Å². The van der Waals surface area contributed by atoms with Crippen LogP contribution in [0.4, 0.5) is 10.1 Å². The van der Waals surface area contributed by atoms with Crippen molar-refractivity contribution in [2.24, 2.45) is 16.8 Å². The van der Waals surface area contributed by atoms with E-state index in [1.54, 1.807) is 17.0 Å². The Morgan fingerprint density at radius 3 is 2.75 bits per heavy atom. The summed E-state index contributed by atoms with van der Waals surface area (Å²) in [6.45, 7) is 5.32. The number of aryl methyl sites for hydroxylation is 1. The predicted molar refractivity (Wildman–Crippen MR) is 121 cm³/mol. The van der Waals surface area contributed by atoms with Crippen LogP contribution in [0.5, 0.6) is 0 Å². The number of aromatic nitrogens is 2. The summed E-state index contributed by atoms with van der Waals surface area (Å²) in [5, 5.41) is 11.2. The molecule has 1 atom stereocenters. The highest BCUT2D eigenvalue weighted by molar-refractivity contribution is 6.05. The molecule has 1 aromatic heterocycles. The number of nitrogens with two attached hydrogens (primary N) is 1. The molecule has 1 amide bonds. The third-order valence-electron chi connectivity index (χ3n) is 5.49. The molecule has 10 heteroatoms. The molecule has 0 radical (unpaired) electrons. The van der Waals surface area contributed by atoms with Crippen molar-refractivity contribution in [3.05, 3.63) is 47.8 Å². The molecular weight excluding hydrogens is 411 g/mol. The first kappa shape index (κ1) is 23.3. The Morgan fingerprint density at radius 1 is 1.38 bits per heavy atom. The summed E-state index contributed by atoms with van der Waals surface area (Å²) >= 11 is 0. The molecule has 2 aliphatic rings. The second-order valence-electron chi connectivity index (χ2n) is 7.86. The Kier molecular flexibility index (Phi) is 8.24. The van der Waals surface area contributed by atoms with Crippen LogP contribution in [0, 0.1) is 17.1 Å². The van der Waals surface area contributed by atoms with Crippen molar-refractivity contribution in [3.8, 4) is 0 Å². The molecule has 3 heterocycles. The number of amides is 1. The van der Waals surface area contributed by atoms with Crippen LogP contribution >= 0.6 is 0 Å². The van der Waals surface area contributed by atoms with Gasteiger partial charge in [-0.05, 0) is 31.5 Å². The minimum atomic E-state index is -0.290. The zero-order chi connectivity index (χ0) is 22.9. The average Bonchev–Trinajstić information content (AvgIpc) is 3.32. The molecule has 9 nitrogen and oxygen atoms in total. The van der Waals surface area contributed by atoms with Gasteiger partial charge in [-0.15, -0.1) is 0 Å². The number of nitrogens with one attached hydrogen (secondary N) is 3. The van der Waals surface area contributed by atoms with Gasteiger partial charge in [-0.1, -0.05) is 18.4 Å². The van der Waals surface area contributed by atoms with Crippen molar-refractivity contribution in [1.82, 2.24) is 15.4 Å². The van der Waals surface area contributed by atoms with Crippen LogP contribution in [0.25, 0.3) is 0 Å². The first-order chi connectivity index (χ1) is 15.5. The summed E-state index contributed by atoms with van der Waals surface area (Å²) < 4.78 is 16.3. The topological polar surface area (TPSA) is 126 Å². The van der Waals surface area contributed by atoms with Crippen molar-refractivity contribution in [2.75, 3.05) is 37.6 Å². The molecule has 170 valence electrons. The number of rotatable bonds is 5. The molecule has 0 spiro atoms. The van der Waals surface area contributed by atoms with E-state index in [-0.39, 0.29) is 17.6 Å². The minimum Gasteiger partial charge on any atom is -0.361 e. The molecule has 5 N–H and O–H groups in total. The maximum absolute atomic E-state index is 14.5. The number of halogens is 1. The number of hydrogen-bond acceptors (Lipinski definition) is 6. The third-order valence-corrected chi connectivity index (χ3v) is 5.49. The lowest BCUT2D eigenvalue weighted by molar-refractivity contribution is -0.523. The first-order valence-electron chi connectivity index (χ1n) is 10.8. The van der Waals surface area contributed by atoms with Crippen molar-refractivity contribution < 1.29 is 13.8 Å². The Hall–Kier alpha value is -3.36. The number of hydrogen-bond donors (Lipinski definition) is 4. The van der Waals surface area contributed by atoms with E-state index in [0.29, 0.717) is 49.6 Å². The molecule has 2 aromatic rings. The van der Waals surface area contributed by atoms with E-state index in [1.807, 2.05) is 24.1 Å². The summed E-state index contributed by atoms with van der Waals surface area (Å²) in [6.07, 6.45) is 5.92. The Bertz CT molecular complexity index is 987. The molecule has 1 fully saturated rings. The lowest BCUT2D eigenvalue weighted by atomic mass is 9.94. The summed E-state index contributed by atoms with van der Waals surface area (Å²) in [5.74, 6) is -0.429. The number of carbonyl (C=O) groups is 1. The van der Waals surface area contributed by atoms with E-state index in [0.717, 1.165) is 19.4 Å². The van der Waals surface area contributed by atoms with Gasteiger partial charge in [-0.2, -0.15) is 5.10 Å². The van der Waals surface area contributed by atoms with Crippen LogP contribution in [0.3, 0.4) is 0 Å². The summed E-state index contributed by atoms with van der Waals surface area (Å²) in [5.41, 5.74) is 10.9. The standard InChI is InChI=1S/C16H18FN5O.C6H11N3/c1-11-8-15(23)19-20-16(11)12-2-3-14(13(17)9-12)22-6-4-21(10-18)5-7-22;7-3-1-2-6-4-8-5-9-6/h2-3,9,11,18H,4-8H2,1H3;4-5H,1-3,7H2,(H,8,9)/p+1. The molecule has 0 aliphatic carbocycles. The van der Waals surface area contributed by atoms with Gasteiger partial charge in [0.25, 0.3) is 0 Å². The van der Waals surface area contributed by atoms with Gasteiger partial charge in [0.1, 0.15) is 18.9 Å². The largest absolute Gasteiger partial charge is 0.361 e. The van der Waals surface area contributed by atoms with Gasteiger partial charge < -0.3 is 15.6 Å². The van der Waals surface area contributed by atoms with E-state index in [2.05, 4.69) is 26.5 Å². The van der Waals surface area contributed by atoms with Crippen LogP contribution in [0.1, 0.15) is 31.0 Å². The number of piperazine rings is 1. The molecule has 1 saturated heterocycles. The van der Waals surface area contributed by atoms with Crippen molar-refractivity contribution >= 4 is 23.3 Å². The lowest BCUT2D eigenvalue weighted by Crippen LogP contribution is -2.42. The Labute approximate surface area is 186 Å². The molecule has 0 bridgehead atoms. The summed E-state index contributed by atoms with van der Waals surface area (Å²) in [6, 6.07) is 7.46. The molecule has 0 saturated carbocycles. The van der Waals surface area contributed by atoms with Gasteiger partial charge in [0.2, 0.25) is 5.91 Å². The lowest BCUT2D eigenvalue weighted by Gasteiger charge is -2.28. The molecular formula is C22H30FN8O+. The minimum absolute atomic E-state index is 0.0272. The van der Waals surface area contributed by atoms with Gasteiger partial charge in [0.05, 0.1) is 30.8 Å². The second-order valence-corrected chi connectivity index (χ2v) is 7.86. The summed E-state index contributed by atoms with van der Waals surface area (Å²) in [7, 11) is 0. The quantitative estimate of drug-likeness (QED) is 0.415. The predicted octanol–water partition coefficient (Wildman–Crippen LogP) is 1.57. The van der Waals surface area contributed by atoms with E-state index in [9.17, 15) is 9.18 Å². The van der Waals surface area contributed by atoms with Crippen LogP contribution in [-0.2, 0) is 11.2 Å². The van der Waals surface area contributed by atoms with Crippen LogP contribution in [0.2, 0.25) is 0 Å². The van der Waals surface area contributed by atoms with E-state index in [4.69, 9.17) is 11.1 Å². The maximum Gasteiger partial charge on any atom is 0.303 e. The number of nitrogens with zero attached hydrogens (tertiary/aromatic N) is 4. The molecule has 4 rings (SSSR count). The first-order valence-corrected chi connectivity index (χ1v) is 10.8. The number of H-pyrrole nitrogens is 1. The summed E-state index contributed by atoms with van der Waals surface area (Å²) in [4.78, 5) is 20.2. The van der Waals surface area contributed by atoms with Crippen LogP contribution in [-0.4, -0.2) is 64.9 Å². The fraction of sp³-hybridized carbons (Fsp3) is 0.455. The Morgan fingerprint density at radius 2 is 2.16 bits per heavy atom. The van der Waals surface area contributed by atoms with Gasteiger partial charge in [0.15, 0.2) is 0 Å². The highest BCUT2D eigenvalue weighted by Crippen LogP contribution is 2.24. The van der Waals surface area contributed by atoms with Gasteiger partial charge in [0, 0.05) is 29.8 Å². The number of carbonyl (C=O) groups excluding carboxylic acids is 1. The van der Waals surface area contributed by atoms with E-state index < -0.39 is 0 Å². The molecule has 1 aromatic carbocycles. The zero-order valence-corrected chi connectivity index (χ0v) is 18.3. The number of aromatic amines is 1. The van der Waals surface area contributed by atoms with Gasteiger partial charge >= 0.3 is 6.01 Å². The normalized spacial score (nSPS) is 18.3. The fourth-order valence-corrected chi connectivity index (χ4v) is 3.70. The highest BCUT2D eigenvalue weighted by atomic mass is 19.1. The maximum atomic E-state index is 14.5. The molecule has 2 aliphatic heterocycles. The zero-order valence-electron chi connectivity index (χ0n) is 18.3. The number of benzene rings is 1. The second kappa shape index (κ2) is 11.3. The third kappa shape index (κ3) is 6.09.